The maximum absolute atomic E-state index is 13.7. The van der Waals surface area contributed by atoms with E-state index in [1.54, 1.807) is 27.7 Å². The molecule has 0 aliphatic heterocycles. The third-order valence-corrected chi connectivity index (χ3v) is 7.17. The quantitative estimate of drug-likeness (QED) is 0.0238. The predicted molar refractivity (Wildman–Crippen MR) is 188 cm³/mol. The molecule has 21 heteroatoms. The fraction of sp³-hybridized carbons (Fsp3) is 0.733. The summed E-state index contributed by atoms with van der Waals surface area (Å²) in [6, 6.07) is -7.95. The van der Waals surface area contributed by atoms with Crippen LogP contribution in [0, 0.1) is 11.8 Å². The lowest BCUT2D eigenvalue weighted by molar-refractivity contribution is -0.143. The molecule has 0 heterocycles. The number of aliphatic carboxylic acids is 1. The van der Waals surface area contributed by atoms with E-state index in [1.807, 2.05) is 0 Å². The summed E-state index contributed by atoms with van der Waals surface area (Å²) in [6.45, 7) is 5.75. The second-order valence-electron chi connectivity index (χ2n) is 12.8. The van der Waals surface area contributed by atoms with Gasteiger partial charge in [0.25, 0.3) is 0 Å². The number of carbonyl (C=O) groups excluding carboxylic acids is 5. The topological polar surface area (TPSA) is 378 Å². The van der Waals surface area contributed by atoms with Crippen molar-refractivity contribution in [2.24, 2.45) is 50.5 Å². The number of aliphatic imine (C=N–C) groups is 2. The summed E-state index contributed by atoms with van der Waals surface area (Å²) in [7, 11) is 0. The van der Waals surface area contributed by atoms with Crippen LogP contribution in [0.2, 0.25) is 0 Å². The number of nitrogens with two attached hydrogens (primary N) is 5. The van der Waals surface area contributed by atoms with Crippen molar-refractivity contribution in [3.63, 3.8) is 0 Å². The Balaban J connectivity index is 6.34. The monoisotopic (exact) mass is 730 g/mol. The van der Waals surface area contributed by atoms with E-state index in [9.17, 15) is 39.0 Å². The second-order valence-corrected chi connectivity index (χ2v) is 12.8. The van der Waals surface area contributed by atoms with Crippen LogP contribution in [0.1, 0.15) is 66.2 Å². The molecule has 0 rings (SSSR count). The fourth-order valence-electron chi connectivity index (χ4n) is 4.59. The Hall–Kier alpha value is -4.76. The van der Waals surface area contributed by atoms with Gasteiger partial charge in [0.05, 0.1) is 13.2 Å². The molecule has 18 N–H and O–H groups in total. The summed E-state index contributed by atoms with van der Waals surface area (Å²) in [4.78, 5) is 85.4. The first-order chi connectivity index (χ1) is 23.8. The van der Waals surface area contributed by atoms with Crippen LogP contribution in [0.25, 0.3) is 0 Å². The number of guanidine groups is 2. The summed E-state index contributed by atoms with van der Waals surface area (Å²) in [5.41, 5.74) is 27.0. The van der Waals surface area contributed by atoms with Crippen LogP contribution in [0.4, 0.5) is 0 Å². The van der Waals surface area contributed by atoms with Gasteiger partial charge in [0, 0.05) is 13.1 Å². The van der Waals surface area contributed by atoms with Crippen molar-refractivity contribution in [2.75, 3.05) is 26.3 Å². The van der Waals surface area contributed by atoms with E-state index < -0.39 is 85.0 Å². The van der Waals surface area contributed by atoms with Gasteiger partial charge in [-0.2, -0.15) is 0 Å². The SMILES string of the molecule is CC(C)CC(NC(=O)C(CC(C)C)NC(=O)C(CCCN=C(N)N)NC(=O)C(CCCN=C(N)N)NC(=O)C(CO)NC(=O)C(N)CO)C(=O)O. The van der Waals surface area contributed by atoms with E-state index in [0.717, 1.165) is 0 Å². The van der Waals surface area contributed by atoms with Crippen LogP contribution < -0.4 is 55.3 Å². The third kappa shape index (κ3) is 19.9. The lowest BCUT2D eigenvalue weighted by atomic mass is 10.00. The van der Waals surface area contributed by atoms with Crippen molar-refractivity contribution >= 4 is 47.4 Å². The van der Waals surface area contributed by atoms with E-state index in [2.05, 4.69) is 36.6 Å². The van der Waals surface area contributed by atoms with Gasteiger partial charge in [-0.15, -0.1) is 0 Å². The molecule has 0 saturated heterocycles. The van der Waals surface area contributed by atoms with Gasteiger partial charge in [-0.05, 0) is 50.4 Å². The van der Waals surface area contributed by atoms with E-state index >= 15 is 0 Å². The second kappa shape index (κ2) is 24.4. The number of carboxylic acid groups (broad SMARTS) is 1. The van der Waals surface area contributed by atoms with Crippen molar-refractivity contribution in [1.29, 1.82) is 0 Å². The first kappa shape index (κ1) is 46.2. The molecule has 0 saturated carbocycles. The molecule has 0 bridgehead atoms. The minimum atomic E-state index is -1.55. The zero-order valence-electron chi connectivity index (χ0n) is 29.8. The lowest BCUT2D eigenvalue weighted by Crippen LogP contribution is -2.60. The zero-order chi connectivity index (χ0) is 39.3. The third-order valence-electron chi connectivity index (χ3n) is 7.17. The molecule has 6 atom stereocenters. The van der Waals surface area contributed by atoms with E-state index in [4.69, 9.17) is 33.8 Å². The molecule has 292 valence electrons. The first-order valence-corrected chi connectivity index (χ1v) is 16.6. The Morgan fingerprint density at radius 1 is 0.549 bits per heavy atom. The Labute approximate surface area is 297 Å². The standard InChI is InChI=1S/C30H58N12O9/c1-15(2)11-20(26(48)41-21(28(50)51)12-16(3)4)40-25(47)19(8-6-10-37-30(34)35)38-24(46)18(7-5-9-36-29(32)33)39-27(49)22(14-44)42-23(45)17(31)13-43/h15-22,43-44H,5-14,31H2,1-4H3,(H,38,46)(H,39,49)(H,40,47)(H,41,48)(H,42,45)(H,50,51)(H4,32,33,36)(H4,34,35,37). The number of aliphatic hydroxyl groups is 2. The lowest BCUT2D eigenvalue weighted by Gasteiger charge is -2.27. The van der Waals surface area contributed by atoms with E-state index in [1.165, 1.54) is 0 Å². The minimum absolute atomic E-state index is 0.0293. The molecule has 0 aromatic rings. The molecule has 0 aliphatic rings. The summed E-state index contributed by atoms with van der Waals surface area (Å²) in [5.74, 6) is -6.07. The van der Waals surface area contributed by atoms with Crippen LogP contribution >= 0.6 is 0 Å². The Bertz CT molecular complexity index is 1210. The number of hydrogen-bond donors (Lipinski definition) is 13. The first-order valence-electron chi connectivity index (χ1n) is 16.6. The highest BCUT2D eigenvalue weighted by molar-refractivity contribution is 5.96. The fourth-order valence-corrected chi connectivity index (χ4v) is 4.59. The van der Waals surface area contributed by atoms with Crippen molar-refractivity contribution in [1.82, 2.24) is 26.6 Å². The van der Waals surface area contributed by atoms with E-state index in [-0.39, 0.29) is 75.4 Å². The van der Waals surface area contributed by atoms with Gasteiger partial charge in [-0.25, -0.2) is 4.79 Å². The molecule has 21 nitrogen and oxygen atoms in total. The summed E-state index contributed by atoms with van der Waals surface area (Å²) in [6.07, 6.45) is 0.553. The smallest absolute Gasteiger partial charge is 0.326 e. The molecule has 5 amide bonds. The molecule has 6 unspecified atom stereocenters. The maximum Gasteiger partial charge on any atom is 0.326 e. The van der Waals surface area contributed by atoms with Gasteiger partial charge < -0.3 is 70.6 Å². The highest BCUT2D eigenvalue weighted by Crippen LogP contribution is 2.11. The predicted octanol–water partition coefficient (Wildman–Crippen LogP) is -4.99. The number of carboxylic acids is 1. The maximum atomic E-state index is 13.7. The van der Waals surface area contributed by atoms with E-state index in [0.29, 0.717) is 0 Å². The molecule has 0 aliphatic carbocycles. The molecule has 0 aromatic carbocycles. The van der Waals surface area contributed by atoms with Gasteiger partial charge in [-0.1, -0.05) is 27.7 Å². The van der Waals surface area contributed by atoms with Gasteiger partial charge in [0.1, 0.15) is 36.3 Å². The van der Waals surface area contributed by atoms with Gasteiger partial charge in [-0.3, -0.25) is 34.0 Å². The zero-order valence-corrected chi connectivity index (χ0v) is 29.8. The summed E-state index contributed by atoms with van der Waals surface area (Å²) in [5, 5.41) is 40.8. The van der Waals surface area contributed by atoms with Crippen molar-refractivity contribution < 1.29 is 44.1 Å². The number of carbonyl (C=O) groups is 6. The number of nitrogens with one attached hydrogen (secondary N) is 5. The molecule has 0 spiro atoms. The highest BCUT2D eigenvalue weighted by Gasteiger charge is 2.33. The summed E-state index contributed by atoms with van der Waals surface area (Å²) >= 11 is 0. The highest BCUT2D eigenvalue weighted by atomic mass is 16.4. The largest absolute Gasteiger partial charge is 0.480 e. The van der Waals surface area contributed by atoms with Crippen molar-refractivity contribution in [3.05, 3.63) is 0 Å². The van der Waals surface area contributed by atoms with Crippen molar-refractivity contribution in [2.45, 2.75) is 102 Å². The van der Waals surface area contributed by atoms with Crippen LogP contribution in [-0.4, -0.2) is 125 Å². The van der Waals surface area contributed by atoms with Crippen LogP contribution in [0.15, 0.2) is 9.98 Å². The number of hydrogen-bond acceptors (Lipinski definition) is 11. The molecular formula is C30H58N12O9. The van der Waals surface area contributed by atoms with Gasteiger partial charge in [0.15, 0.2) is 11.9 Å². The molecule has 0 radical (unpaired) electrons. The number of aliphatic hydroxyl groups excluding tert-OH is 2. The van der Waals surface area contributed by atoms with Gasteiger partial charge >= 0.3 is 5.97 Å². The molecular weight excluding hydrogens is 672 g/mol. The molecule has 0 fully saturated rings. The summed E-state index contributed by atoms with van der Waals surface area (Å²) < 4.78 is 0. The normalized spacial score (nSPS) is 14.5. The number of amides is 5. The van der Waals surface area contributed by atoms with Crippen LogP contribution in [-0.2, 0) is 28.8 Å². The molecule has 51 heavy (non-hydrogen) atoms. The number of nitrogens with zero attached hydrogens (tertiary/aromatic N) is 2. The Kier molecular flexibility index (Phi) is 22.1. The average molecular weight is 731 g/mol. The Morgan fingerprint density at radius 3 is 1.27 bits per heavy atom. The Morgan fingerprint density at radius 2 is 0.902 bits per heavy atom. The number of rotatable bonds is 25. The minimum Gasteiger partial charge on any atom is -0.480 e. The van der Waals surface area contributed by atoms with Crippen LogP contribution in [0.5, 0.6) is 0 Å². The van der Waals surface area contributed by atoms with Gasteiger partial charge in [0.2, 0.25) is 29.5 Å². The van der Waals surface area contributed by atoms with Crippen molar-refractivity contribution in [3.8, 4) is 0 Å². The van der Waals surface area contributed by atoms with Crippen LogP contribution in [0.3, 0.4) is 0 Å². The average Bonchev–Trinajstić information content (AvgIpc) is 3.03. The molecule has 0 aromatic heterocycles.